The maximum atomic E-state index is 12.6. The number of hydrogen-bond donors (Lipinski definition) is 6. The van der Waals surface area contributed by atoms with Crippen molar-refractivity contribution in [3.05, 3.63) is 52.1 Å². The molecule has 3 aromatic rings. The van der Waals surface area contributed by atoms with Gasteiger partial charge in [-0.2, -0.15) is 0 Å². The van der Waals surface area contributed by atoms with Crippen molar-refractivity contribution in [1.29, 1.82) is 0 Å². The van der Waals surface area contributed by atoms with Crippen molar-refractivity contribution in [1.82, 2.24) is 19.9 Å². The summed E-state index contributed by atoms with van der Waals surface area (Å²) in [7, 11) is -8.85. The van der Waals surface area contributed by atoms with E-state index >= 15 is 0 Å². The van der Waals surface area contributed by atoms with Crippen LogP contribution in [0.25, 0.3) is 11.0 Å². The Balaban J connectivity index is 1.31. The van der Waals surface area contributed by atoms with Crippen molar-refractivity contribution in [3.8, 4) is 17.6 Å². The standard InChI is InChI=1S/C26H28N5O14P3/c27-21-18-16(7-6-14-3-1-5-17(9-14)43-24(33)15-4-2-8-28-10-15)11-31(22(18)30-25(34)29-21)23-19-20(32)26(44-23,12-41-19)13-42-48(40,45-35,46(36)37)47(38)39/h1,3,5,9,11,15,19-20,23,28,32,35,40H,2,4,8,10,12-13H2,(H3,27,29,30,34)/t15?,19?,20-,23-,26-/m1/s1. The van der Waals surface area contributed by atoms with Gasteiger partial charge in [-0.3, -0.25) is 4.79 Å². The van der Waals surface area contributed by atoms with Gasteiger partial charge in [0.1, 0.15) is 5.75 Å². The predicted molar refractivity (Wildman–Crippen MR) is 162 cm³/mol. The van der Waals surface area contributed by atoms with Gasteiger partial charge in [-0.05, 0) is 25.5 Å². The van der Waals surface area contributed by atoms with Gasteiger partial charge in [-0.25, -0.2) is 0 Å². The Hall–Kier alpha value is -3.62. The summed E-state index contributed by atoms with van der Waals surface area (Å²) < 4.78 is 73.8. The first-order valence-electron chi connectivity index (χ1n) is 14.3. The number of aliphatic hydroxyl groups excluding tert-OH is 1. The molecule has 3 fully saturated rings. The SMILES string of the molecule is Nc1[nH]c(=O)nc2c1c(C#Cc1cccc(OC(=O)C3CCCNC3)c1)cn2[C@@H]1O[C@@]2(COP(O)(OO)(P(=O)=O)P(=O)=O)COC1[C@H]2O. The average Bonchev–Trinajstić information content (AvgIpc) is 3.69. The normalized spacial score (nSPS) is 25.9. The summed E-state index contributed by atoms with van der Waals surface area (Å²) in [5, 5.41) is 23.5. The molecular weight excluding hydrogens is 699 g/mol. The van der Waals surface area contributed by atoms with Crippen molar-refractivity contribution in [2.45, 2.75) is 36.9 Å². The zero-order valence-corrected chi connectivity index (χ0v) is 27.3. The molecule has 0 saturated carbocycles. The second-order valence-electron chi connectivity index (χ2n) is 11.3. The molecule has 22 heteroatoms. The Morgan fingerprint density at radius 2 is 2.02 bits per heavy atom. The van der Waals surface area contributed by atoms with E-state index in [1.54, 1.807) is 24.3 Å². The molecule has 5 heterocycles. The van der Waals surface area contributed by atoms with Gasteiger partial charge in [0.2, 0.25) is 0 Å². The number of carbonyl (C=O) groups excluding carboxylic acids is 1. The van der Waals surface area contributed by atoms with Crippen molar-refractivity contribution in [2.24, 2.45) is 5.92 Å². The fourth-order valence-electron chi connectivity index (χ4n) is 5.71. The van der Waals surface area contributed by atoms with Crippen LogP contribution in [0.1, 0.15) is 30.2 Å². The van der Waals surface area contributed by atoms with E-state index in [-0.39, 0.29) is 34.3 Å². The number of esters is 1. The predicted octanol–water partition coefficient (Wildman–Crippen LogP) is 1.61. The first-order chi connectivity index (χ1) is 22.8. The topological polar surface area (TPSA) is 281 Å². The third-order valence-electron chi connectivity index (χ3n) is 8.27. The molecular formula is C26H28N5O14P3. The van der Waals surface area contributed by atoms with Crippen LogP contribution in [0.4, 0.5) is 5.82 Å². The van der Waals surface area contributed by atoms with Gasteiger partial charge in [0, 0.05) is 6.54 Å². The maximum absolute atomic E-state index is 12.6. The summed E-state index contributed by atoms with van der Waals surface area (Å²) in [6.45, 7) is -6.90. The molecule has 0 radical (unpaired) electrons. The van der Waals surface area contributed by atoms with E-state index in [9.17, 15) is 37.8 Å². The van der Waals surface area contributed by atoms with Crippen LogP contribution in [-0.4, -0.2) is 79.9 Å². The second-order valence-corrected chi connectivity index (χ2v) is 21.5. The van der Waals surface area contributed by atoms with Crippen LogP contribution in [0.2, 0.25) is 0 Å². The van der Waals surface area contributed by atoms with Gasteiger partial charge in [-0.1, -0.05) is 6.07 Å². The Labute approximate surface area is 270 Å². The van der Waals surface area contributed by atoms with Crippen LogP contribution in [-0.2, 0) is 41.7 Å². The monoisotopic (exact) mass is 727 g/mol. The number of hydrogen-bond acceptors (Lipinski definition) is 17. The zero-order chi connectivity index (χ0) is 34.5. The van der Waals surface area contributed by atoms with E-state index in [1.165, 1.54) is 10.8 Å². The van der Waals surface area contributed by atoms with Gasteiger partial charge >= 0.3 is 206 Å². The molecule has 2 aromatic heterocycles. The molecule has 0 amide bonds. The Kier molecular flexibility index (Phi) is 9.05. The van der Waals surface area contributed by atoms with Crippen LogP contribution in [0, 0.1) is 17.8 Å². The fourth-order valence-corrected chi connectivity index (χ4v) is 9.33. The van der Waals surface area contributed by atoms with E-state index in [4.69, 9.17) is 29.7 Å². The van der Waals surface area contributed by atoms with Gasteiger partial charge in [-0.15, -0.1) is 0 Å². The summed E-state index contributed by atoms with van der Waals surface area (Å²) in [4.78, 5) is 41.7. The number of fused-ring (bicyclic) bond motifs is 3. The van der Waals surface area contributed by atoms with Crippen molar-refractivity contribution in [2.75, 3.05) is 32.0 Å². The molecule has 48 heavy (non-hydrogen) atoms. The summed E-state index contributed by atoms with van der Waals surface area (Å²) >= 11 is 0. The summed E-state index contributed by atoms with van der Waals surface area (Å²) in [6.07, 6.45) is -1.10. The number of H-pyrrole nitrogens is 1. The van der Waals surface area contributed by atoms with E-state index < -0.39 is 64.3 Å². The second kappa shape index (κ2) is 12.7. The summed E-state index contributed by atoms with van der Waals surface area (Å²) in [6, 6.07) is 6.54. The molecule has 19 nitrogen and oxygen atoms in total. The number of aromatic amines is 1. The first-order valence-corrected chi connectivity index (χ1v) is 20.1. The van der Waals surface area contributed by atoms with Gasteiger partial charge in [0.25, 0.3) is 0 Å². The Morgan fingerprint density at radius 1 is 1.25 bits per heavy atom. The number of benzene rings is 1. The number of ether oxygens (including phenoxy) is 3. The Morgan fingerprint density at radius 3 is 2.71 bits per heavy atom. The fraction of sp³-hybridized carbons (Fsp3) is 0.423. The molecule has 256 valence electrons. The molecule has 3 aliphatic rings. The van der Waals surface area contributed by atoms with E-state index in [0.717, 1.165) is 19.4 Å². The number of rotatable bonds is 9. The number of carbonyl (C=O) groups is 1. The number of nitrogens with two attached hydrogens (primary N) is 1. The molecule has 6 rings (SSSR count). The number of nitrogens with one attached hydrogen (secondary N) is 2. The molecule has 3 saturated heterocycles. The van der Waals surface area contributed by atoms with E-state index in [2.05, 4.69) is 31.8 Å². The third-order valence-corrected chi connectivity index (χ3v) is 17.4. The Bertz CT molecular complexity index is 2030. The molecule has 2 unspecified atom stereocenters. The molecule has 0 aliphatic carbocycles. The number of anilines is 1. The van der Waals surface area contributed by atoms with Gasteiger partial charge in [0.15, 0.2) is 0 Å². The first kappa shape index (κ1) is 34.3. The van der Waals surface area contributed by atoms with Crippen LogP contribution in [0.15, 0.2) is 35.3 Å². The van der Waals surface area contributed by atoms with Crippen LogP contribution in [0.5, 0.6) is 5.75 Å². The summed E-state index contributed by atoms with van der Waals surface area (Å²) in [5.41, 5.74) is 4.00. The molecule has 0 spiro atoms. The van der Waals surface area contributed by atoms with Crippen molar-refractivity contribution in [3.63, 3.8) is 0 Å². The number of aromatic nitrogens is 3. The molecule has 7 N–H and O–H groups in total. The molecule has 2 bridgehead atoms. The number of piperidine rings is 1. The van der Waals surface area contributed by atoms with E-state index in [1.807, 2.05) is 0 Å². The number of aliphatic hydroxyl groups is 1. The van der Waals surface area contributed by atoms with Crippen LogP contribution in [0.3, 0.4) is 0 Å². The quantitative estimate of drug-likeness (QED) is 0.0456. The van der Waals surface area contributed by atoms with Gasteiger partial charge < -0.3 is 10.1 Å². The van der Waals surface area contributed by atoms with Gasteiger partial charge in [0.05, 0.1) is 5.92 Å². The van der Waals surface area contributed by atoms with Crippen molar-refractivity contribution < 1.29 is 61.7 Å². The number of nitrogen functional groups attached to an aromatic ring is 1. The minimum atomic E-state index is -6.70. The van der Waals surface area contributed by atoms with Crippen LogP contribution >= 0.6 is 21.4 Å². The molecule has 3 aliphatic heterocycles. The minimum absolute atomic E-state index is 0.0421. The van der Waals surface area contributed by atoms with Crippen molar-refractivity contribution >= 4 is 44.2 Å². The third kappa shape index (κ3) is 5.75. The molecule has 1 aromatic carbocycles. The van der Waals surface area contributed by atoms with Crippen LogP contribution < -0.4 is 21.5 Å². The molecule has 5 atom stereocenters. The average molecular weight is 727 g/mol. The number of nitrogens with zero attached hydrogens (tertiary/aromatic N) is 2. The zero-order valence-electron chi connectivity index (χ0n) is 24.6. The summed E-state index contributed by atoms with van der Waals surface area (Å²) in [5.74, 6) is 5.48. The van der Waals surface area contributed by atoms with E-state index in [0.29, 0.717) is 17.9 Å².